The highest BCUT2D eigenvalue weighted by Gasteiger charge is 2.13. The van der Waals surface area contributed by atoms with Crippen LogP contribution in [0.5, 0.6) is 0 Å². The van der Waals surface area contributed by atoms with Gasteiger partial charge in [-0.15, -0.1) is 0 Å². The van der Waals surface area contributed by atoms with E-state index in [1.165, 1.54) is 32.9 Å². The first-order valence-electron chi connectivity index (χ1n) is 10.2. The highest BCUT2D eigenvalue weighted by molar-refractivity contribution is 9.10. The molecule has 0 radical (unpaired) electrons. The maximum atomic E-state index is 11.2. The Balaban J connectivity index is 1.66. The molecule has 1 aromatic heterocycles. The van der Waals surface area contributed by atoms with Gasteiger partial charge < -0.3 is 9.67 Å². The predicted molar refractivity (Wildman–Crippen MR) is 126 cm³/mol. The van der Waals surface area contributed by atoms with E-state index in [1.807, 2.05) is 12.1 Å². The number of fused-ring (bicyclic) bond motifs is 3. The molecule has 4 rings (SSSR count). The van der Waals surface area contributed by atoms with E-state index in [4.69, 9.17) is 0 Å². The molecule has 30 heavy (non-hydrogen) atoms. The molecule has 0 unspecified atom stereocenters. The summed E-state index contributed by atoms with van der Waals surface area (Å²) in [6, 6.07) is 23.3. The number of aryl methyl sites for hydroxylation is 1. The number of aromatic nitrogens is 1. The van der Waals surface area contributed by atoms with Gasteiger partial charge >= 0.3 is 5.97 Å². The van der Waals surface area contributed by atoms with Crippen LogP contribution in [0, 0.1) is 0 Å². The fraction of sp³-hybridized carbons (Fsp3) is 0.240. The number of hydrogen-bond donors (Lipinski definition) is 1. The summed E-state index contributed by atoms with van der Waals surface area (Å²) in [5.74, 6) is -0.768. The third-order valence-corrected chi connectivity index (χ3v) is 5.99. The number of rotatable bonds is 8. The van der Waals surface area contributed by atoms with Gasteiger partial charge in [-0.05, 0) is 48.4 Å². The lowest BCUT2D eigenvalue weighted by molar-refractivity contribution is -0.137. The number of carboxylic acids is 1. The zero-order valence-corrected chi connectivity index (χ0v) is 18.6. The molecule has 0 atom stereocenters. The fourth-order valence-corrected chi connectivity index (χ4v) is 4.61. The van der Waals surface area contributed by atoms with Crippen molar-refractivity contribution in [3.63, 3.8) is 0 Å². The molecule has 0 spiro atoms. The second kappa shape index (κ2) is 9.02. The molecule has 0 amide bonds. The topological polar surface area (TPSA) is 45.5 Å². The summed E-state index contributed by atoms with van der Waals surface area (Å²) >= 11 is 3.53. The molecule has 3 aromatic carbocycles. The molecule has 4 aromatic rings. The van der Waals surface area contributed by atoms with Crippen molar-refractivity contribution < 1.29 is 9.90 Å². The minimum Gasteiger partial charge on any atom is -0.481 e. The summed E-state index contributed by atoms with van der Waals surface area (Å²) in [7, 11) is 0. The van der Waals surface area contributed by atoms with Crippen molar-refractivity contribution in [3.05, 3.63) is 82.3 Å². The largest absolute Gasteiger partial charge is 0.481 e. The van der Waals surface area contributed by atoms with Crippen LogP contribution in [0.3, 0.4) is 0 Å². The summed E-state index contributed by atoms with van der Waals surface area (Å²) in [6.07, 6.45) is 0.130. The van der Waals surface area contributed by atoms with Gasteiger partial charge in [-0.3, -0.25) is 9.69 Å². The minimum atomic E-state index is -0.768. The Bertz CT molecular complexity index is 1200. The summed E-state index contributed by atoms with van der Waals surface area (Å²) in [5.41, 5.74) is 4.86. The molecular formula is C25H25BrN2O2. The lowest BCUT2D eigenvalue weighted by Crippen LogP contribution is -2.25. The van der Waals surface area contributed by atoms with Crippen molar-refractivity contribution in [2.75, 3.05) is 6.54 Å². The summed E-state index contributed by atoms with van der Waals surface area (Å²) in [6.45, 7) is 5.03. The van der Waals surface area contributed by atoms with Crippen LogP contribution in [0.2, 0.25) is 0 Å². The molecule has 4 nitrogen and oxygen atoms in total. The van der Waals surface area contributed by atoms with E-state index in [-0.39, 0.29) is 6.42 Å². The number of aliphatic carboxylic acids is 1. The second-order valence-corrected chi connectivity index (χ2v) is 8.51. The molecule has 0 saturated heterocycles. The van der Waals surface area contributed by atoms with Crippen LogP contribution in [0.15, 0.2) is 71.2 Å². The van der Waals surface area contributed by atoms with Crippen molar-refractivity contribution >= 4 is 43.7 Å². The van der Waals surface area contributed by atoms with Gasteiger partial charge in [0.2, 0.25) is 0 Å². The van der Waals surface area contributed by atoms with Crippen LogP contribution in [-0.4, -0.2) is 27.1 Å². The summed E-state index contributed by atoms with van der Waals surface area (Å²) in [5, 5.41) is 11.7. The highest BCUT2D eigenvalue weighted by Crippen LogP contribution is 2.30. The quantitative estimate of drug-likeness (QED) is 0.344. The highest BCUT2D eigenvalue weighted by atomic mass is 79.9. The fourth-order valence-electron chi connectivity index (χ4n) is 4.16. The van der Waals surface area contributed by atoms with Crippen LogP contribution in [-0.2, 0) is 24.4 Å². The molecule has 0 fully saturated rings. The Labute approximate surface area is 184 Å². The maximum absolute atomic E-state index is 11.2. The van der Waals surface area contributed by atoms with E-state index >= 15 is 0 Å². The van der Waals surface area contributed by atoms with E-state index in [9.17, 15) is 9.90 Å². The Morgan fingerprint density at radius 1 is 0.933 bits per heavy atom. The van der Waals surface area contributed by atoms with Crippen LogP contribution < -0.4 is 0 Å². The molecule has 5 heteroatoms. The molecule has 0 aliphatic rings. The zero-order valence-electron chi connectivity index (χ0n) is 17.0. The van der Waals surface area contributed by atoms with Crippen LogP contribution >= 0.6 is 15.9 Å². The second-order valence-electron chi connectivity index (χ2n) is 7.60. The Morgan fingerprint density at radius 2 is 1.67 bits per heavy atom. The molecule has 0 aliphatic heterocycles. The Hall–Kier alpha value is -2.63. The number of carbonyl (C=O) groups is 1. The number of benzene rings is 3. The average Bonchev–Trinajstić information content (AvgIpc) is 3.05. The lowest BCUT2D eigenvalue weighted by atomic mass is 10.1. The van der Waals surface area contributed by atoms with Crippen molar-refractivity contribution in [1.29, 1.82) is 0 Å². The van der Waals surface area contributed by atoms with Gasteiger partial charge in [0, 0.05) is 52.5 Å². The van der Waals surface area contributed by atoms with Gasteiger partial charge in [0.05, 0.1) is 6.42 Å². The molecule has 1 N–H and O–H groups in total. The summed E-state index contributed by atoms with van der Waals surface area (Å²) < 4.78 is 3.38. The third kappa shape index (κ3) is 4.42. The SMILES string of the molecule is CCn1c2ccccc2c2cc(CN(CCC(=O)O)Cc3cccc(Br)c3)ccc21. The molecule has 154 valence electrons. The Kier molecular flexibility index (Phi) is 6.21. The monoisotopic (exact) mass is 464 g/mol. The normalized spacial score (nSPS) is 11.6. The van der Waals surface area contributed by atoms with Gasteiger partial charge in [-0.2, -0.15) is 0 Å². The first-order chi connectivity index (χ1) is 14.5. The number of hydrogen-bond acceptors (Lipinski definition) is 2. The maximum Gasteiger partial charge on any atom is 0.304 e. The number of carboxylic acid groups (broad SMARTS) is 1. The predicted octanol–water partition coefficient (Wildman–Crippen LogP) is 6.05. The smallest absolute Gasteiger partial charge is 0.304 e. The van der Waals surface area contributed by atoms with Gasteiger partial charge in [0.15, 0.2) is 0 Å². The van der Waals surface area contributed by atoms with Gasteiger partial charge in [0.25, 0.3) is 0 Å². The standard InChI is InChI=1S/C25H25BrN2O2/c1-2-28-23-9-4-3-8-21(23)22-15-19(10-11-24(22)28)17-27(13-12-25(29)30)16-18-6-5-7-20(26)14-18/h3-11,14-15H,2,12-13,16-17H2,1H3,(H,29,30). The van der Waals surface area contributed by atoms with E-state index in [2.05, 4.69) is 86.9 Å². The number of nitrogens with zero attached hydrogens (tertiary/aromatic N) is 2. The van der Waals surface area contributed by atoms with Crippen LogP contribution in [0.25, 0.3) is 21.8 Å². The van der Waals surface area contributed by atoms with E-state index in [0.29, 0.717) is 19.6 Å². The number of para-hydroxylation sites is 1. The number of halogens is 1. The third-order valence-electron chi connectivity index (χ3n) is 5.50. The Morgan fingerprint density at radius 3 is 2.40 bits per heavy atom. The zero-order chi connectivity index (χ0) is 21.1. The van der Waals surface area contributed by atoms with Gasteiger partial charge in [-0.1, -0.05) is 52.3 Å². The molecular weight excluding hydrogens is 440 g/mol. The van der Waals surface area contributed by atoms with E-state index in [1.54, 1.807) is 0 Å². The van der Waals surface area contributed by atoms with E-state index < -0.39 is 5.97 Å². The van der Waals surface area contributed by atoms with Crippen molar-refractivity contribution in [1.82, 2.24) is 9.47 Å². The molecule has 0 saturated carbocycles. The van der Waals surface area contributed by atoms with Crippen LogP contribution in [0.4, 0.5) is 0 Å². The van der Waals surface area contributed by atoms with Crippen molar-refractivity contribution in [2.24, 2.45) is 0 Å². The van der Waals surface area contributed by atoms with Crippen molar-refractivity contribution in [3.8, 4) is 0 Å². The van der Waals surface area contributed by atoms with Crippen LogP contribution in [0.1, 0.15) is 24.5 Å². The van der Waals surface area contributed by atoms with Gasteiger partial charge in [-0.25, -0.2) is 0 Å². The average molecular weight is 465 g/mol. The first kappa shape index (κ1) is 20.6. The molecule has 0 aliphatic carbocycles. The lowest BCUT2D eigenvalue weighted by Gasteiger charge is -2.22. The summed E-state index contributed by atoms with van der Waals surface area (Å²) in [4.78, 5) is 13.4. The van der Waals surface area contributed by atoms with E-state index in [0.717, 1.165) is 11.0 Å². The van der Waals surface area contributed by atoms with Gasteiger partial charge in [0.1, 0.15) is 0 Å². The molecule has 0 bridgehead atoms. The first-order valence-corrected chi connectivity index (χ1v) is 11.0. The van der Waals surface area contributed by atoms with Crippen molar-refractivity contribution in [2.45, 2.75) is 33.0 Å². The minimum absolute atomic E-state index is 0.130. The molecule has 1 heterocycles.